The molecule has 1 aliphatic heterocycles. The van der Waals surface area contributed by atoms with Crippen molar-refractivity contribution in [3.8, 4) is 0 Å². The van der Waals surface area contributed by atoms with Crippen molar-refractivity contribution in [1.82, 2.24) is 10.2 Å². The number of carbonyl (C=O) groups excluding carboxylic acids is 2. The molecule has 6 nitrogen and oxygen atoms in total. The molecule has 0 saturated heterocycles. The molecule has 1 aliphatic rings. The number of benzene rings is 1. The summed E-state index contributed by atoms with van der Waals surface area (Å²) in [6.07, 6.45) is 0. The Balaban J connectivity index is 2.43. The predicted molar refractivity (Wildman–Crippen MR) is 101 cm³/mol. The van der Waals surface area contributed by atoms with Crippen molar-refractivity contribution < 1.29 is 14.3 Å². The first kappa shape index (κ1) is 18.9. The van der Waals surface area contributed by atoms with E-state index in [9.17, 15) is 9.59 Å². The fourth-order valence-corrected chi connectivity index (χ4v) is 2.80. The van der Waals surface area contributed by atoms with Crippen LogP contribution in [0, 0.1) is 5.92 Å². The van der Waals surface area contributed by atoms with E-state index in [1.807, 2.05) is 45.0 Å². The van der Waals surface area contributed by atoms with Crippen molar-refractivity contribution in [2.24, 2.45) is 5.92 Å². The summed E-state index contributed by atoms with van der Waals surface area (Å²) in [7, 11) is 3.15. The van der Waals surface area contributed by atoms with Gasteiger partial charge in [0.2, 0.25) is 5.91 Å². The molecule has 0 fully saturated rings. The zero-order chi connectivity index (χ0) is 18.7. The Morgan fingerprint density at radius 2 is 2.04 bits per heavy atom. The largest absolute Gasteiger partial charge is 0.466 e. The van der Waals surface area contributed by atoms with Crippen LogP contribution in [0.15, 0.2) is 35.5 Å². The number of allylic oxidation sites excluding steroid dienone is 1. The van der Waals surface area contributed by atoms with Gasteiger partial charge in [0, 0.05) is 24.4 Å². The van der Waals surface area contributed by atoms with E-state index < -0.39 is 12.0 Å². The molecule has 1 heterocycles. The van der Waals surface area contributed by atoms with Crippen LogP contribution in [0.3, 0.4) is 0 Å². The Kier molecular flexibility index (Phi) is 5.79. The molecule has 2 N–H and O–H groups in total. The first-order valence-electron chi connectivity index (χ1n) is 8.00. The second kappa shape index (κ2) is 7.65. The van der Waals surface area contributed by atoms with E-state index in [4.69, 9.17) is 17.0 Å². The van der Waals surface area contributed by atoms with Crippen molar-refractivity contribution in [3.05, 3.63) is 41.1 Å². The minimum absolute atomic E-state index is 0.0658. The number of nitrogens with zero attached hydrogens (tertiary/aromatic N) is 1. The van der Waals surface area contributed by atoms with Crippen LogP contribution < -0.4 is 10.6 Å². The average molecular weight is 361 g/mol. The average Bonchev–Trinajstić information content (AvgIpc) is 2.58. The number of esters is 1. The van der Waals surface area contributed by atoms with Crippen molar-refractivity contribution in [3.63, 3.8) is 0 Å². The van der Waals surface area contributed by atoms with E-state index in [-0.39, 0.29) is 11.8 Å². The molecule has 0 spiro atoms. The molecule has 2 rings (SSSR count). The van der Waals surface area contributed by atoms with E-state index in [1.54, 1.807) is 11.9 Å². The maximum Gasteiger partial charge on any atom is 0.337 e. The minimum Gasteiger partial charge on any atom is -0.466 e. The lowest BCUT2D eigenvalue weighted by atomic mass is 9.95. The fourth-order valence-electron chi connectivity index (χ4n) is 2.54. The number of carbonyl (C=O) groups is 2. The Morgan fingerprint density at radius 3 is 2.64 bits per heavy atom. The maximum atomic E-state index is 12.3. The molecule has 7 heteroatoms. The number of hydrogen-bond donors (Lipinski definition) is 2. The van der Waals surface area contributed by atoms with Gasteiger partial charge in [-0.05, 0) is 36.8 Å². The second-order valence-electron chi connectivity index (χ2n) is 6.20. The van der Waals surface area contributed by atoms with Crippen LogP contribution in [-0.4, -0.2) is 36.0 Å². The summed E-state index contributed by atoms with van der Waals surface area (Å²) in [6, 6.07) is 6.92. The van der Waals surface area contributed by atoms with Gasteiger partial charge < -0.3 is 20.3 Å². The third-order valence-corrected chi connectivity index (χ3v) is 4.56. The molecule has 0 bridgehead atoms. The third kappa shape index (κ3) is 3.99. The lowest BCUT2D eigenvalue weighted by Gasteiger charge is -2.35. The van der Waals surface area contributed by atoms with Gasteiger partial charge >= 0.3 is 5.97 Å². The molecule has 1 aromatic carbocycles. The van der Waals surface area contributed by atoms with Gasteiger partial charge in [-0.15, -0.1) is 0 Å². The van der Waals surface area contributed by atoms with Gasteiger partial charge in [0.05, 0.1) is 18.7 Å². The zero-order valence-corrected chi connectivity index (χ0v) is 15.9. The van der Waals surface area contributed by atoms with Crippen LogP contribution in [0.25, 0.3) is 0 Å². The molecule has 1 aromatic rings. The van der Waals surface area contributed by atoms with Crippen molar-refractivity contribution >= 4 is 34.9 Å². The normalized spacial score (nSPS) is 17.4. The van der Waals surface area contributed by atoms with Gasteiger partial charge in [-0.25, -0.2) is 4.79 Å². The van der Waals surface area contributed by atoms with Crippen LogP contribution in [0.5, 0.6) is 0 Å². The highest BCUT2D eigenvalue weighted by atomic mass is 32.1. The molecule has 0 aliphatic carbocycles. The van der Waals surface area contributed by atoms with Crippen LogP contribution >= 0.6 is 12.2 Å². The molecule has 0 aromatic heterocycles. The summed E-state index contributed by atoms with van der Waals surface area (Å²) in [6.45, 7) is 5.49. The SMILES string of the molecule is COC(=O)C1=C(C)N(C)C(=S)N[C@@H]1c1cccc(NC(=O)C(C)C)c1. The third-order valence-electron chi connectivity index (χ3n) is 4.17. The van der Waals surface area contributed by atoms with Crippen molar-refractivity contribution in [2.75, 3.05) is 19.5 Å². The van der Waals surface area contributed by atoms with Gasteiger partial charge in [-0.3, -0.25) is 4.79 Å². The van der Waals surface area contributed by atoms with E-state index >= 15 is 0 Å². The molecule has 134 valence electrons. The predicted octanol–water partition coefficient (Wildman–Crippen LogP) is 2.59. The summed E-state index contributed by atoms with van der Waals surface area (Å²) < 4.78 is 4.95. The van der Waals surface area contributed by atoms with E-state index in [1.165, 1.54) is 7.11 Å². The first-order valence-corrected chi connectivity index (χ1v) is 8.41. The summed E-state index contributed by atoms with van der Waals surface area (Å²) in [5, 5.41) is 6.56. The van der Waals surface area contributed by atoms with Gasteiger partial charge in [0.15, 0.2) is 5.11 Å². The molecular formula is C18H23N3O3S. The molecule has 25 heavy (non-hydrogen) atoms. The topological polar surface area (TPSA) is 70.7 Å². The van der Waals surface area contributed by atoms with E-state index in [0.717, 1.165) is 11.3 Å². The molecule has 1 amide bonds. The summed E-state index contributed by atoms with van der Waals surface area (Å²) in [4.78, 5) is 26.0. The number of amides is 1. The molecule has 0 saturated carbocycles. The number of thiocarbonyl (C=S) groups is 1. The van der Waals surface area contributed by atoms with Crippen LogP contribution in [-0.2, 0) is 14.3 Å². The van der Waals surface area contributed by atoms with E-state index in [0.29, 0.717) is 16.4 Å². The fraction of sp³-hybridized carbons (Fsp3) is 0.389. The number of nitrogens with one attached hydrogen (secondary N) is 2. The number of anilines is 1. The molecule has 0 unspecified atom stereocenters. The highest BCUT2D eigenvalue weighted by molar-refractivity contribution is 7.80. The molecule has 1 atom stereocenters. The number of methoxy groups -OCH3 is 1. The van der Waals surface area contributed by atoms with Crippen LogP contribution in [0.2, 0.25) is 0 Å². The smallest absolute Gasteiger partial charge is 0.337 e. The Morgan fingerprint density at radius 1 is 1.36 bits per heavy atom. The second-order valence-corrected chi connectivity index (χ2v) is 6.59. The minimum atomic E-state index is -0.438. The summed E-state index contributed by atoms with van der Waals surface area (Å²) >= 11 is 5.35. The molecule has 0 radical (unpaired) electrons. The van der Waals surface area contributed by atoms with Gasteiger partial charge in [0.25, 0.3) is 0 Å². The quantitative estimate of drug-likeness (QED) is 0.635. The van der Waals surface area contributed by atoms with Crippen LogP contribution in [0.4, 0.5) is 5.69 Å². The molecular weight excluding hydrogens is 338 g/mol. The lowest BCUT2D eigenvalue weighted by Crippen LogP contribution is -2.46. The first-order chi connectivity index (χ1) is 11.8. The lowest BCUT2D eigenvalue weighted by molar-refractivity contribution is -0.136. The van der Waals surface area contributed by atoms with Crippen molar-refractivity contribution in [2.45, 2.75) is 26.8 Å². The number of rotatable bonds is 4. The Labute approximate surface area is 153 Å². The number of hydrogen-bond acceptors (Lipinski definition) is 4. The number of ether oxygens (including phenoxy) is 1. The highest BCUT2D eigenvalue weighted by Gasteiger charge is 2.33. The summed E-state index contributed by atoms with van der Waals surface area (Å²) in [5.41, 5.74) is 2.71. The Bertz CT molecular complexity index is 743. The highest BCUT2D eigenvalue weighted by Crippen LogP contribution is 2.31. The maximum absolute atomic E-state index is 12.3. The van der Waals surface area contributed by atoms with Gasteiger partial charge in [-0.1, -0.05) is 26.0 Å². The van der Waals surface area contributed by atoms with Gasteiger partial charge in [0.1, 0.15) is 0 Å². The van der Waals surface area contributed by atoms with E-state index in [2.05, 4.69) is 10.6 Å². The van der Waals surface area contributed by atoms with Crippen molar-refractivity contribution in [1.29, 1.82) is 0 Å². The Hall–Kier alpha value is -2.41. The standard InChI is InChI=1S/C18H23N3O3S/c1-10(2)16(22)19-13-8-6-7-12(9-13)15-14(17(23)24-5)11(3)21(4)18(25)20-15/h6-10,15H,1-5H3,(H,19,22)(H,20,25)/t15-/m1/s1. The monoisotopic (exact) mass is 361 g/mol. The summed E-state index contributed by atoms with van der Waals surface area (Å²) in [5.74, 6) is -0.602. The zero-order valence-electron chi connectivity index (χ0n) is 15.0. The van der Waals surface area contributed by atoms with Gasteiger partial charge in [-0.2, -0.15) is 0 Å². The van der Waals surface area contributed by atoms with Crippen LogP contribution in [0.1, 0.15) is 32.4 Å².